The van der Waals surface area contributed by atoms with Gasteiger partial charge in [0, 0.05) is 0 Å². The zero-order valence-electron chi connectivity index (χ0n) is 10.5. The van der Waals surface area contributed by atoms with Crippen LogP contribution >= 0.6 is 8.25 Å². The Hall–Kier alpha value is -0.380. The molecule has 0 saturated heterocycles. The second-order valence-electron chi connectivity index (χ2n) is 3.03. The average Bonchev–Trinajstić information content (AvgIpc) is 2.26. The number of carbonyl (C=O) groups excluding carboxylic acids is 1. The molecular formula is C10H23O5P. The van der Waals surface area contributed by atoms with Crippen molar-refractivity contribution in [1.82, 2.24) is 0 Å². The molecule has 0 heterocycles. The molecule has 0 radical (unpaired) electrons. The first-order valence-corrected chi connectivity index (χ1v) is 6.85. The van der Waals surface area contributed by atoms with E-state index in [9.17, 15) is 9.36 Å². The van der Waals surface area contributed by atoms with E-state index in [1.807, 2.05) is 0 Å². The van der Waals surface area contributed by atoms with Gasteiger partial charge in [0.2, 0.25) is 0 Å². The Bertz CT molecular complexity index is 194. The summed E-state index contributed by atoms with van der Waals surface area (Å²) in [5.74, 6) is -0.590. The molecular weight excluding hydrogens is 231 g/mol. The second-order valence-corrected chi connectivity index (χ2v) is 3.80. The SMILES string of the molecule is CCCC.CCOC(=O)C(CC)O[PH](=O)O. The molecule has 16 heavy (non-hydrogen) atoms. The van der Waals surface area contributed by atoms with Gasteiger partial charge >= 0.3 is 14.2 Å². The summed E-state index contributed by atoms with van der Waals surface area (Å²) in [7, 11) is -3.06. The Morgan fingerprint density at radius 3 is 2.00 bits per heavy atom. The van der Waals surface area contributed by atoms with Gasteiger partial charge in [0.25, 0.3) is 0 Å². The minimum absolute atomic E-state index is 0.241. The third-order valence-corrected chi connectivity index (χ3v) is 2.15. The number of unbranched alkanes of at least 4 members (excludes halogenated alkanes) is 1. The standard InChI is InChI=1S/C6H13O5P.C4H10/c1-3-5(11-12(8)9)6(7)10-4-2;1-3-4-2/h5,12H,3-4H2,1-2H3,(H,8,9);3-4H2,1-2H3. The molecule has 2 unspecified atom stereocenters. The Labute approximate surface area is 98.1 Å². The highest BCUT2D eigenvalue weighted by atomic mass is 31.1. The number of ether oxygens (including phenoxy) is 1. The smallest absolute Gasteiger partial charge is 0.335 e. The molecule has 0 aliphatic heterocycles. The van der Waals surface area contributed by atoms with E-state index in [4.69, 9.17) is 4.89 Å². The molecule has 0 spiro atoms. The fourth-order valence-corrected chi connectivity index (χ4v) is 1.16. The van der Waals surface area contributed by atoms with Crippen molar-refractivity contribution in [2.24, 2.45) is 0 Å². The van der Waals surface area contributed by atoms with Crippen LogP contribution in [0.3, 0.4) is 0 Å². The highest BCUT2D eigenvalue weighted by Gasteiger charge is 2.19. The van der Waals surface area contributed by atoms with E-state index in [0.717, 1.165) is 0 Å². The first-order chi connectivity index (χ1) is 7.53. The molecule has 98 valence electrons. The van der Waals surface area contributed by atoms with Gasteiger partial charge in [0.1, 0.15) is 0 Å². The van der Waals surface area contributed by atoms with Crippen molar-refractivity contribution in [1.29, 1.82) is 0 Å². The molecule has 1 N–H and O–H groups in total. The second kappa shape index (κ2) is 12.7. The van der Waals surface area contributed by atoms with Gasteiger partial charge in [-0.25, -0.2) is 4.79 Å². The van der Waals surface area contributed by atoms with E-state index in [-0.39, 0.29) is 6.61 Å². The fraction of sp³-hybridized carbons (Fsp3) is 0.900. The van der Waals surface area contributed by atoms with E-state index in [2.05, 4.69) is 23.1 Å². The first-order valence-electron chi connectivity index (χ1n) is 5.59. The minimum atomic E-state index is -3.06. The van der Waals surface area contributed by atoms with E-state index in [1.165, 1.54) is 12.8 Å². The van der Waals surface area contributed by atoms with E-state index < -0.39 is 20.3 Å². The van der Waals surface area contributed by atoms with E-state index in [0.29, 0.717) is 6.42 Å². The van der Waals surface area contributed by atoms with Crippen LogP contribution in [-0.4, -0.2) is 23.6 Å². The maximum Gasteiger partial charge on any atom is 0.335 e. The predicted molar refractivity (Wildman–Crippen MR) is 63.6 cm³/mol. The number of hydrogen-bond donors (Lipinski definition) is 1. The van der Waals surface area contributed by atoms with Crippen LogP contribution in [0.15, 0.2) is 0 Å². The van der Waals surface area contributed by atoms with Crippen molar-refractivity contribution in [3.05, 3.63) is 0 Å². The molecule has 0 aliphatic carbocycles. The lowest BCUT2D eigenvalue weighted by Gasteiger charge is -2.11. The molecule has 0 aromatic carbocycles. The summed E-state index contributed by atoms with van der Waals surface area (Å²) in [4.78, 5) is 19.3. The lowest BCUT2D eigenvalue weighted by Crippen LogP contribution is -2.23. The van der Waals surface area contributed by atoms with Crippen LogP contribution in [-0.2, 0) is 18.6 Å². The number of rotatable bonds is 6. The first kappa shape index (κ1) is 18.0. The van der Waals surface area contributed by atoms with Gasteiger partial charge in [0.05, 0.1) is 6.61 Å². The van der Waals surface area contributed by atoms with Crippen molar-refractivity contribution >= 4 is 14.2 Å². The zero-order chi connectivity index (χ0) is 13.0. The van der Waals surface area contributed by atoms with E-state index >= 15 is 0 Å². The maximum atomic E-state index is 10.9. The lowest BCUT2D eigenvalue weighted by molar-refractivity contribution is -0.151. The van der Waals surface area contributed by atoms with Crippen molar-refractivity contribution in [2.75, 3.05) is 6.61 Å². The normalized spacial score (nSPS) is 13.3. The number of hydrogen-bond acceptors (Lipinski definition) is 4. The Balaban J connectivity index is 0. The highest BCUT2D eigenvalue weighted by molar-refractivity contribution is 7.32. The number of esters is 1. The summed E-state index contributed by atoms with van der Waals surface area (Å²) in [5, 5.41) is 0. The van der Waals surface area contributed by atoms with Crippen LogP contribution in [0.5, 0.6) is 0 Å². The van der Waals surface area contributed by atoms with Gasteiger partial charge in [-0.1, -0.05) is 33.6 Å². The van der Waals surface area contributed by atoms with Gasteiger partial charge in [-0.3, -0.25) is 9.09 Å². The molecule has 0 rings (SSSR count). The summed E-state index contributed by atoms with van der Waals surface area (Å²) >= 11 is 0. The Morgan fingerprint density at radius 2 is 1.75 bits per heavy atom. The molecule has 0 aromatic rings. The minimum Gasteiger partial charge on any atom is -0.464 e. The zero-order valence-corrected chi connectivity index (χ0v) is 11.5. The molecule has 2 atom stereocenters. The highest BCUT2D eigenvalue weighted by Crippen LogP contribution is 2.20. The van der Waals surface area contributed by atoms with Gasteiger partial charge in [0.15, 0.2) is 6.10 Å². The summed E-state index contributed by atoms with van der Waals surface area (Å²) in [6.45, 7) is 7.93. The maximum absolute atomic E-state index is 10.9. The molecule has 6 heteroatoms. The fourth-order valence-electron chi connectivity index (χ4n) is 0.655. The molecule has 0 aromatic heterocycles. The largest absolute Gasteiger partial charge is 0.464 e. The van der Waals surface area contributed by atoms with Crippen LogP contribution in [0.25, 0.3) is 0 Å². The average molecular weight is 254 g/mol. The summed E-state index contributed by atoms with van der Waals surface area (Å²) in [6, 6.07) is 0. The lowest BCUT2D eigenvalue weighted by atomic mass is 10.3. The van der Waals surface area contributed by atoms with Crippen LogP contribution in [0.2, 0.25) is 0 Å². The van der Waals surface area contributed by atoms with Crippen molar-refractivity contribution in [2.45, 2.75) is 53.1 Å². The summed E-state index contributed by atoms with van der Waals surface area (Å²) in [6.07, 6.45) is 2.05. The molecule has 0 amide bonds. The van der Waals surface area contributed by atoms with Gasteiger partial charge in [-0.15, -0.1) is 0 Å². The molecule has 0 bridgehead atoms. The van der Waals surface area contributed by atoms with Gasteiger partial charge < -0.3 is 9.63 Å². The molecule has 0 saturated carbocycles. The van der Waals surface area contributed by atoms with Crippen LogP contribution in [0.1, 0.15) is 47.0 Å². The summed E-state index contributed by atoms with van der Waals surface area (Å²) < 4.78 is 19.3. The van der Waals surface area contributed by atoms with Gasteiger partial charge in [-0.2, -0.15) is 0 Å². The third kappa shape index (κ3) is 11.7. The van der Waals surface area contributed by atoms with Crippen molar-refractivity contribution in [3.8, 4) is 0 Å². The van der Waals surface area contributed by atoms with E-state index in [1.54, 1.807) is 13.8 Å². The Kier molecular flexibility index (Phi) is 14.3. The number of carbonyl (C=O) groups is 1. The van der Waals surface area contributed by atoms with Crippen molar-refractivity contribution < 1.29 is 23.5 Å². The molecule has 5 nitrogen and oxygen atoms in total. The van der Waals surface area contributed by atoms with Crippen LogP contribution in [0.4, 0.5) is 0 Å². The molecule has 0 fully saturated rings. The monoisotopic (exact) mass is 254 g/mol. The predicted octanol–water partition coefficient (Wildman–Crippen LogP) is 2.53. The Morgan fingerprint density at radius 1 is 1.25 bits per heavy atom. The third-order valence-electron chi connectivity index (χ3n) is 1.66. The van der Waals surface area contributed by atoms with Crippen LogP contribution in [0, 0.1) is 0 Å². The quantitative estimate of drug-likeness (QED) is 0.582. The van der Waals surface area contributed by atoms with Crippen LogP contribution < -0.4 is 0 Å². The summed E-state index contributed by atoms with van der Waals surface area (Å²) in [5.41, 5.74) is 0. The molecule has 0 aliphatic rings. The van der Waals surface area contributed by atoms with Crippen molar-refractivity contribution in [3.63, 3.8) is 0 Å². The topological polar surface area (TPSA) is 72.8 Å². The van der Waals surface area contributed by atoms with Gasteiger partial charge in [-0.05, 0) is 13.3 Å².